The van der Waals surface area contributed by atoms with E-state index in [0.717, 1.165) is 0 Å². The van der Waals surface area contributed by atoms with Crippen LogP contribution in [0, 0.1) is 11.7 Å². The van der Waals surface area contributed by atoms with Gasteiger partial charge in [0.25, 0.3) is 5.56 Å². The van der Waals surface area contributed by atoms with Gasteiger partial charge in [-0.25, -0.2) is 13.9 Å². The third kappa shape index (κ3) is 3.12. The van der Waals surface area contributed by atoms with Gasteiger partial charge in [0.05, 0.1) is 17.9 Å². The van der Waals surface area contributed by atoms with Crippen LogP contribution in [0.15, 0.2) is 35.4 Å². The first kappa shape index (κ1) is 18.5. The number of anilines is 1. The van der Waals surface area contributed by atoms with Crippen LogP contribution in [0.5, 0.6) is 0 Å². The second-order valence-electron chi connectivity index (χ2n) is 6.88. The van der Waals surface area contributed by atoms with Crippen LogP contribution in [0.4, 0.5) is 23.5 Å². The molecule has 0 saturated carbocycles. The summed E-state index contributed by atoms with van der Waals surface area (Å²) in [5.41, 5.74) is 0.185. The van der Waals surface area contributed by atoms with E-state index in [4.69, 9.17) is 0 Å². The molecule has 0 aliphatic carbocycles. The number of hydrogen-bond acceptors (Lipinski definition) is 4. The van der Waals surface area contributed by atoms with Gasteiger partial charge >= 0.3 is 6.18 Å². The van der Waals surface area contributed by atoms with Crippen LogP contribution in [0.25, 0.3) is 16.9 Å². The molecular formula is C18H17F4N5O. The van der Waals surface area contributed by atoms with Gasteiger partial charge in [0.15, 0.2) is 11.2 Å². The first-order valence-corrected chi connectivity index (χ1v) is 8.77. The van der Waals surface area contributed by atoms with Crippen molar-refractivity contribution in [3.8, 4) is 5.69 Å². The van der Waals surface area contributed by atoms with Gasteiger partial charge in [-0.1, -0.05) is 0 Å². The molecule has 3 heterocycles. The molecule has 0 radical (unpaired) electrons. The van der Waals surface area contributed by atoms with E-state index in [-0.39, 0.29) is 30.1 Å². The smallest absolute Gasteiger partial charge is 0.341 e. The van der Waals surface area contributed by atoms with Crippen LogP contribution in [0.3, 0.4) is 0 Å². The fourth-order valence-corrected chi connectivity index (χ4v) is 3.51. The molecule has 6 nitrogen and oxygen atoms in total. The second kappa shape index (κ2) is 6.61. The van der Waals surface area contributed by atoms with Crippen LogP contribution in [-0.4, -0.2) is 38.4 Å². The Morgan fingerprint density at radius 1 is 1.18 bits per heavy atom. The summed E-state index contributed by atoms with van der Waals surface area (Å²) in [6.45, 7) is 0.0457. The monoisotopic (exact) mass is 395 g/mol. The highest BCUT2D eigenvalue weighted by Crippen LogP contribution is 2.34. The van der Waals surface area contributed by atoms with Gasteiger partial charge in [-0.3, -0.25) is 4.79 Å². The minimum absolute atomic E-state index is 0.0364. The first-order chi connectivity index (χ1) is 13.3. The summed E-state index contributed by atoms with van der Waals surface area (Å²) >= 11 is 0. The first-order valence-electron chi connectivity index (χ1n) is 8.77. The van der Waals surface area contributed by atoms with Crippen LogP contribution in [0.1, 0.15) is 12.8 Å². The quantitative estimate of drug-likeness (QED) is 0.626. The van der Waals surface area contributed by atoms with Gasteiger partial charge in [-0.05, 0) is 37.1 Å². The van der Waals surface area contributed by atoms with Gasteiger partial charge < -0.3 is 9.47 Å². The lowest BCUT2D eigenvalue weighted by Crippen LogP contribution is -2.44. The fourth-order valence-electron chi connectivity index (χ4n) is 3.51. The molecule has 1 aliphatic heterocycles. The molecule has 1 unspecified atom stereocenters. The number of hydrogen-bond donors (Lipinski definition) is 0. The molecule has 1 fully saturated rings. The minimum Gasteiger partial charge on any atom is -0.341 e. The van der Waals surface area contributed by atoms with Gasteiger partial charge in [0.1, 0.15) is 5.82 Å². The maximum atomic E-state index is 13.3. The zero-order valence-electron chi connectivity index (χ0n) is 14.9. The largest absolute Gasteiger partial charge is 0.393 e. The fraction of sp³-hybridized carbons (Fsp3) is 0.389. The van der Waals surface area contributed by atoms with Crippen molar-refractivity contribution in [1.29, 1.82) is 0 Å². The molecule has 0 spiro atoms. The molecule has 1 aliphatic rings. The average molecular weight is 395 g/mol. The van der Waals surface area contributed by atoms with E-state index in [1.807, 2.05) is 0 Å². The Hall–Kier alpha value is -2.91. The number of fused-ring (bicyclic) bond motifs is 1. The summed E-state index contributed by atoms with van der Waals surface area (Å²) in [6.07, 6.45) is -2.54. The van der Waals surface area contributed by atoms with Crippen molar-refractivity contribution in [1.82, 2.24) is 19.1 Å². The molecular weight excluding hydrogens is 378 g/mol. The van der Waals surface area contributed by atoms with E-state index >= 15 is 0 Å². The third-order valence-electron chi connectivity index (χ3n) is 4.97. The summed E-state index contributed by atoms with van der Waals surface area (Å²) in [5, 5.41) is 0. The summed E-state index contributed by atoms with van der Waals surface area (Å²) < 4.78 is 55.9. The number of aromatic nitrogens is 4. The third-order valence-corrected chi connectivity index (χ3v) is 4.97. The van der Waals surface area contributed by atoms with Gasteiger partial charge in [0, 0.05) is 20.1 Å². The number of aryl methyl sites for hydroxylation is 1. The number of piperidine rings is 1. The van der Waals surface area contributed by atoms with Crippen molar-refractivity contribution in [2.24, 2.45) is 13.0 Å². The number of nitrogens with zero attached hydrogens (tertiary/aromatic N) is 5. The Bertz CT molecular complexity index is 1070. The van der Waals surface area contributed by atoms with Crippen molar-refractivity contribution in [3.05, 3.63) is 46.8 Å². The highest BCUT2D eigenvalue weighted by molar-refractivity contribution is 5.72. The van der Waals surface area contributed by atoms with Crippen LogP contribution in [-0.2, 0) is 7.05 Å². The lowest BCUT2D eigenvalue weighted by atomic mass is 9.98. The zero-order valence-corrected chi connectivity index (χ0v) is 14.9. The van der Waals surface area contributed by atoms with Gasteiger partial charge in [-0.2, -0.15) is 18.2 Å². The van der Waals surface area contributed by atoms with Gasteiger partial charge in [0.2, 0.25) is 5.95 Å². The molecule has 28 heavy (non-hydrogen) atoms. The average Bonchev–Trinajstić information content (AvgIpc) is 3.03. The number of rotatable bonds is 2. The minimum atomic E-state index is -4.32. The standard InChI is InChI=1S/C18H17F4N5O/c1-25-10-23-14-15(25)24-17(26-8-2-3-11(9-26)18(20,21)22)27(16(14)28)13-6-4-12(19)5-7-13/h4-7,10-11H,2-3,8-9H2,1H3. The summed E-state index contributed by atoms with van der Waals surface area (Å²) in [6, 6.07) is 5.15. The van der Waals surface area contributed by atoms with E-state index in [1.165, 1.54) is 40.1 Å². The maximum Gasteiger partial charge on any atom is 0.393 e. The van der Waals surface area contributed by atoms with E-state index < -0.39 is 23.5 Å². The predicted molar refractivity (Wildman–Crippen MR) is 95.1 cm³/mol. The molecule has 0 N–H and O–H groups in total. The van der Waals surface area contributed by atoms with Crippen molar-refractivity contribution in [3.63, 3.8) is 0 Å². The molecule has 10 heteroatoms. The topological polar surface area (TPSA) is 56.0 Å². The highest BCUT2D eigenvalue weighted by Gasteiger charge is 2.42. The normalized spacial score (nSPS) is 18.0. The number of benzene rings is 1. The lowest BCUT2D eigenvalue weighted by Gasteiger charge is -2.35. The van der Waals surface area contributed by atoms with Crippen molar-refractivity contribution in [2.45, 2.75) is 19.0 Å². The van der Waals surface area contributed by atoms with Crippen molar-refractivity contribution < 1.29 is 17.6 Å². The molecule has 1 aromatic carbocycles. The van der Waals surface area contributed by atoms with Crippen LogP contribution >= 0.6 is 0 Å². The maximum absolute atomic E-state index is 13.3. The molecule has 148 valence electrons. The highest BCUT2D eigenvalue weighted by atomic mass is 19.4. The van der Waals surface area contributed by atoms with E-state index in [1.54, 1.807) is 11.6 Å². The summed E-state index contributed by atoms with van der Waals surface area (Å²) in [5.74, 6) is -1.89. The molecule has 2 aromatic heterocycles. The van der Waals surface area contributed by atoms with E-state index in [0.29, 0.717) is 18.7 Å². The summed E-state index contributed by atoms with van der Waals surface area (Å²) in [7, 11) is 1.66. The van der Waals surface area contributed by atoms with Crippen LogP contribution < -0.4 is 10.5 Å². The Morgan fingerprint density at radius 2 is 1.89 bits per heavy atom. The number of imidazole rings is 1. The Kier molecular flexibility index (Phi) is 4.35. The Morgan fingerprint density at radius 3 is 2.57 bits per heavy atom. The molecule has 4 rings (SSSR count). The molecule has 0 bridgehead atoms. The second-order valence-corrected chi connectivity index (χ2v) is 6.88. The Balaban J connectivity index is 1.91. The van der Waals surface area contributed by atoms with Crippen LogP contribution in [0.2, 0.25) is 0 Å². The lowest BCUT2D eigenvalue weighted by molar-refractivity contribution is -0.176. The van der Waals surface area contributed by atoms with E-state index in [2.05, 4.69) is 9.97 Å². The SMILES string of the molecule is Cn1cnc2c(=O)n(-c3ccc(F)cc3)c(N3CCCC(C(F)(F)F)C3)nc21. The number of alkyl halides is 3. The molecule has 1 saturated heterocycles. The zero-order chi connectivity index (χ0) is 20.1. The van der Waals surface area contributed by atoms with Gasteiger partial charge in [-0.15, -0.1) is 0 Å². The van der Waals surface area contributed by atoms with Crippen molar-refractivity contribution >= 4 is 17.1 Å². The molecule has 0 amide bonds. The molecule has 3 aromatic rings. The Labute approximate surface area is 157 Å². The van der Waals surface area contributed by atoms with Crippen molar-refractivity contribution in [2.75, 3.05) is 18.0 Å². The molecule has 1 atom stereocenters. The predicted octanol–water partition coefficient (Wildman–Crippen LogP) is 3.04. The van der Waals surface area contributed by atoms with E-state index in [9.17, 15) is 22.4 Å². The summed E-state index contributed by atoms with van der Waals surface area (Å²) in [4.78, 5) is 23.1. The number of halogens is 4.